The Morgan fingerprint density at radius 2 is 2.18 bits per heavy atom. The molecule has 17 heavy (non-hydrogen) atoms. The first kappa shape index (κ1) is 11.0. The first-order valence-electron chi connectivity index (χ1n) is 5.98. The summed E-state index contributed by atoms with van der Waals surface area (Å²) in [7, 11) is 0. The van der Waals surface area contributed by atoms with E-state index < -0.39 is 0 Å². The van der Waals surface area contributed by atoms with E-state index in [1.807, 2.05) is 34.9 Å². The molecule has 2 aliphatic rings. The number of nitrogens with zero attached hydrogens (tertiary/aromatic N) is 1. The highest BCUT2D eigenvalue weighted by Crippen LogP contribution is 2.30. The molecule has 4 heteroatoms. The first-order chi connectivity index (χ1) is 8.24. The molecule has 1 fully saturated rings. The molecule has 0 aliphatic carbocycles. The summed E-state index contributed by atoms with van der Waals surface area (Å²) in [5.41, 5.74) is 9.01. The summed E-state index contributed by atoms with van der Waals surface area (Å²) < 4.78 is 0. The zero-order valence-corrected chi connectivity index (χ0v) is 10.5. The summed E-state index contributed by atoms with van der Waals surface area (Å²) in [4.78, 5) is 14.3. The minimum absolute atomic E-state index is 0.242. The molecule has 1 saturated heterocycles. The Morgan fingerprint density at radius 3 is 2.94 bits per heavy atom. The Morgan fingerprint density at radius 1 is 1.35 bits per heavy atom. The molecule has 1 aromatic carbocycles. The van der Waals surface area contributed by atoms with E-state index in [2.05, 4.69) is 0 Å². The highest BCUT2D eigenvalue weighted by Gasteiger charge is 2.31. The van der Waals surface area contributed by atoms with Gasteiger partial charge in [-0.05, 0) is 35.4 Å². The Kier molecular flexibility index (Phi) is 2.74. The summed E-state index contributed by atoms with van der Waals surface area (Å²) in [5, 5.41) is 0. The summed E-state index contributed by atoms with van der Waals surface area (Å²) in [6.07, 6.45) is 1.04. The summed E-state index contributed by atoms with van der Waals surface area (Å²) >= 11 is 1.89. The third kappa shape index (κ3) is 2.02. The molecule has 3 nitrogen and oxygen atoms in total. The van der Waals surface area contributed by atoms with Crippen molar-refractivity contribution in [3.05, 3.63) is 29.3 Å². The van der Waals surface area contributed by atoms with E-state index in [4.69, 9.17) is 5.73 Å². The quantitative estimate of drug-likeness (QED) is 0.772. The van der Waals surface area contributed by atoms with Crippen LogP contribution in [0.3, 0.4) is 0 Å². The second kappa shape index (κ2) is 4.26. The van der Waals surface area contributed by atoms with Crippen LogP contribution < -0.4 is 5.73 Å². The molecule has 2 aliphatic heterocycles. The molecular formula is C13H16N2OS. The standard InChI is InChI=1S/C13H16N2OS/c14-12-2-1-9-6-15(7-11(9)5-12)13(16)10-3-4-17-8-10/h1-2,5,10H,3-4,6-8,14H2. The minimum Gasteiger partial charge on any atom is -0.399 e. The number of anilines is 1. The van der Waals surface area contributed by atoms with Crippen molar-refractivity contribution in [3.8, 4) is 0 Å². The molecule has 0 radical (unpaired) electrons. The largest absolute Gasteiger partial charge is 0.399 e. The van der Waals surface area contributed by atoms with Crippen LogP contribution in [0.2, 0.25) is 0 Å². The van der Waals surface area contributed by atoms with Crippen LogP contribution in [-0.2, 0) is 17.9 Å². The lowest BCUT2D eigenvalue weighted by atomic mass is 10.1. The van der Waals surface area contributed by atoms with E-state index in [1.165, 1.54) is 11.1 Å². The highest BCUT2D eigenvalue weighted by atomic mass is 32.2. The smallest absolute Gasteiger partial charge is 0.227 e. The Balaban J connectivity index is 1.75. The van der Waals surface area contributed by atoms with Crippen molar-refractivity contribution < 1.29 is 4.79 Å². The number of carbonyl (C=O) groups excluding carboxylic acids is 1. The van der Waals surface area contributed by atoms with Gasteiger partial charge in [-0.3, -0.25) is 4.79 Å². The van der Waals surface area contributed by atoms with Gasteiger partial charge >= 0.3 is 0 Å². The second-order valence-electron chi connectivity index (χ2n) is 4.78. The topological polar surface area (TPSA) is 46.3 Å². The number of fused-ring (bicyclic) bond motifs is 1. The van der Waals surface area contributed by atoms with Gasteiger partial charge in [0.25, 0.3) is 0 Å². The van der Waals surface area contributed by atoms with Crippen LogP contribution in [0.4, 0.5) is 5.69 Å². The fraction of sp³-hybridized carbons (Fsp3) is 0.462. The van der Waals surface area contributed by atoms with Crippen LogP contribution in [-0.4, -0.2) is 22.3 Å². The number of hydrogen-bond donors (Lipinski definition) is 1. The Labute approximate surface area is 105 Å². The molecule has 1 amide bonds. The van der Waals surface area contributed by atoms with E-state index in [0.717, 1.165) is 36.7 Å². The third-order valence-electron chi connectivity index (χ3n) is 3.54. The van der Waals surface area contributed by atoms with Crippen molar-refractivity contribution >= 4 is 23.4 Å². The molecule has 1 aromatic rings. The van der Waals surface area contributed by atoms with Gasteiger partial charge in [0, 0.05) is 30.4 Å². The van der Waals surface area contributed by atoms with Gasteiger partial charge in [-0.25, -0.2) is 0 Å². The minimum atomic E-state index is 0.242. The zero-order chi connectivity index (χ0) is 11.8. The maximum atomic E-state index is 12.3. The molecule has 1 atom stereocenters. The number of amides is 1. The summed E-state index contributed by atoms with van der Waals surface area (Å²) in [6.45, 7) is 1.50. The fourth-order valence-electron chi connectivity index (χ4n) is 2.56. The molecule has 0 spiro atoms. The lowest BCUT2D eigenvalue weighted by Crippen LogP contribution is -2.31. The molecule has 1 unspecified atom stereocenters. The van der Waals surface area contributed by atoms with Crippen molar-refractivity contribution in [1.82, 2.24) is 4.90 Å². The number of nitrogen functional groups attached to an aromatic ring is 1. The molecular weight excluding hydrogens is 232 g/mol. The SMILES string of the molecule is Nc1ccc2c(c1)CN(C(=O)C1CCSC1)C2. The van der Waals surface area contributed by atoms with Gasteiger partial charge in [0.2, 0.25) is 5.91 Å². The third-order valence-corrected chi connectivity index (χ3v) is 4.71. The van der Waals surface area contributed by atoms with E-state index >= 15 is 0 Å². The number of hydrogen-bond acceptors (Lipinski definition) is 3. The van der Waals surface area contributed by atoms with Crippen LogP contribution in [0.15, 0.2) is 18.2 Å². The fourth-order valence-corrected chi connectivity index (χ4v) is 3.77. The van der Waals surface area contributed by atoms with Crippen molar-refractivity contribution in [2.24, 2.45) is 5.92 Å². The average Bonchev–Trinajstić information content (AvgIpc) is 2.96. The van der Waals surface area contributed by atoms with Crippen molar-refractivity contribution in [2.45, 2.75) is 19.5 Å². The van der Waals surface area contributed by atoms with Gasteiger partial charge in [-0.2, -0.15) is 11.8 Å². The van der Waals surface area contributed by atoms with Crippen LogP contribution in [0.1, 0.15) is 17.5 Å². The summed E-state index contributed by atoms with van der Waals surface area (Å²) in [6, 6.07) is 5.95. The molecule has 0 aromatic heterocycles. The molecule has 0 saturated carbocycles. The maximum Gasteiger partial charge on any atom is 0.227 e. The van der Waals surface area contributed by atoms with Crippen LogP contribution in [0.25, 0.3) is 0 Å². The van der Waals surface area contributed by atoms with Crippen LogP contribution in [0, 0.1) is 5.92 Å². The second-order valence-corrected chi connectivity index (χ2v) is 5.93. The lowest BCUT2D eigenvalue weighted by molar-refractivity contribution is -0.135. The molecule has 2 N–H and O–H groups in total. The Bertz CT molecular complexity index is 455. The number of rotatable bonds is 1. The summed E-state index contributed by atoms with van der Waals surface area (Å²) in [5.74, 6) is 2.69. The number of nitrogens with two attached hydrogens (primary N) is 1. The normalized spacial score (nSPS) is 22.8. The van der Waals surface area contributed by atoms with E-state index in [0.29, 0.717) is 5.91 Å². The average molecular weight is 248 g/mol. The maximum absolute atomic E-state index is 12.3. The number of thioether (sulfide) groups is 1. The van der Waals surface area contributed by atoms with Gasteiger partial charge < -0.3 is 10.6 Å². The van der Waals surface area contributed by atoms with Crippen LogP contribution >= 0.6 is 11.8 Å². The predicted octanol–water partition coefficient (Wildman–Crippen LogP) is 1.86. The van der Waals surface area contributed by atoms with Crippen LogP contribution in [0.5, 0.6) is 0 Å². The van der Waals surface area contributed by atoms with Crippen molar-refractivity contribution in [1.29, 1.82) is 0 Å². The van der Waals surface area contributed by atoms with E-state index in [-0.39, 0.29) is 5.92 Å². The van der Waals surface area contributed by atoms with Crippen molar-refractivity contribution in [2.75, 3.05) is 17.2 Å². The first-order valence-corrected chi connectivity index (χ1v) is 7.13. The van der Waals surface area contributed by atoms with E-state index in [1.54, 1.807) is 0 Å². The van der Waals surface area contributed by atoms with Gasteiger partial charge in [-0.15, -0.1) is 0 Å². The van der Waals surface area contributed by atoms with Gasteiger partial charge in [-0.1, -0.05) is 6.07 Å². The Hall–Kier alpha value is -1.16. The molecule has 0 bridgehead atoms. The molecule has 90 valence electrons. The van der Waals surface area contributed by atoms with Gasteiger partial charge in [0.1, 0.15) is 0 Å². The molecule has 2 heterocycles. The number of benzene rings is 1. The highest BCUT2D eigenvalue weighted by molar-refractivity contribution is 7.99. The predicted molar refractivity (Wildman–Crippen MR) is 70.5 cm³/mol. The van der Waals surface area contributed by atoms with E-state index in [9.17, 15) is 4.79 Å². The monoisotopic (exact) mass is 248 g/mol. The van der Waals surface area contributed by atoms with Crippen molar-refractivity contribution in [3.63, 3.8) is 0 Å². The zero-order valence-electron chi connectivity index (χ0n) is 9.69. The molecule has 3 rings (SSSR count). The lowest BCUT2D eigenvalue weighted by Gasteiger charge is -2.19. The number of carbonyl (C=O) groups is 1. The van der Waals surface area contributed by atoms with Gasteiger partial charge in [0.15, 0.2) is 0 Å². The van der Waals surface area contributed by atoms with Gasteiger partial charge in [0.05, 0.1) is 0 Å².